The summed E-state index contributed by atoms with van der Waals surface area (Å²) >= 11 is 0. The molecule has 0 atom stereocenters. The van der Waals surface area contributed by atoms with Gasteiger partial charge in [0.15, 0.2) is 0 Å². The van der Waals surface area contributed by atoms with Crippen molar-refractivity contribution >= 4 is 12.1 Å². The van der Waals surface area contributed by atoms with Crippen molar-refractivity contribution < 1.29 is 19.1 Å². The molecule has 1 saturated heterocycles. The monoisotopic (exact) mass is 263 g/mol. The van der Waals surface area contributed by atoms with Crippen LogP contribution in [0.2, 0.25) is 0 Å². The van der Waals surface area contributed by atoms with Crippen LogP contribution in [0.3, 0.4) is 0 Å². The summed E-state index contributed by atoms with van der Waals surface area (Å²) in [6.07, 6.45) is 0.877. The van der Waals surface area contributed by atoms with Crippen molar-refractivity contribution in [2.45, 2.75) is 12.8 Å². The van der Waals surface area contributed by atoms with Gasteiger partial charge >= 0.3 is 12.1 Å². The highest BCUT2D eigenvalue weighted by atomic mass is 16.6. The molecular weight excluding hydrogens is 246 g/mol. The maximum atomic E-state index is 11.9. The number of methoxy groups -OCH3 is 1. The second-order valence-electron chi connectivity index (χ2n) is 4.47. The van der Waals surface area contributed by atoms with Crippen LogP contribution in [-0.2, 0) is 9.53 Å². The van der Waals surface area contributed by atoms with Crippen molar-refractivity contribution in [2.75, 3.05) is 20.2 Å². The summed E-state index contributed by atoms with van der Waals surface area (Å²) < 4.78 is 9.95. The van der Waals surface area contributed by atoms with Gasteiger partial charge in [-0.05, 0) is 25.0 Å². The van der Waals surface area contributed by atoms with Crippen LogP contribution < -0.4 is 4.74 Å². The van der Waals surface area contributed by atoms with Crippen LogP contribution in [0.25, 0.3) is 0 Å². The Morgan fingerprint density at radius 2 is 1.79 bits per heavy atom. The molecule has 1 aromatic rings. The number of likely N-dealkylation sites (tertiary alicyclic amines) is 1. The van der Waals surface area contributed by atoms with Gasteiger partial charge in [-0.25, -0.2) is 4.79 Å². The van der Waals surface area contributed by atoms with Gasteiger partial charge in [-0.2, -0.15) is 0 Å². The van der Waals surface area contributed by atoms with Crippen molar-refractivity contribution in [2.24, 2.45) is 5.92 Å². The van der Waals surface area contributed by atoms with Crippen molar-refractivity contribution in [3.8, 4) is 5.75 Å². The molecule has 0 N–H and O–H groups in total. The molecule has 0 aliphatic carbocycles. The molecule has 0 spiro atoms. The zero-order valence-electron chi connectivity index (χ0n) is 10.9. The molecule has 0 aromatic heterocycles. The van der Waals surface area contributed by atoms with Crippen molar-refractivity contribution in [3.05, 3.63) is 30.3 Å². The summed E-state index contributed by atoms with van der Waals surface area (Å²) in [6, 6.07) is 8.95. The average molecular weight is 263 g/mol. The van der Waals surface area contributed by atoms with Crippen molar-refractivity contribution in [1.29, 1.82) is 0 Å². The van der Waals surface area contributed by atoms with Crippen molar-refractivity contribution in [3.63, 3.8) is 0 Å². The number of nitrogens with zero attached hydrogens (tertiary/aromatic N) is 1. The molecule has 1 fully saturated rings. The molecule has 102 valence electrons. The van der Waals surface area contributed by atoms with E-state index in [-0.39, 0.29) is 18.0 Å². The Labute approximate surface area is 112 Å². The number of piperidine rings is 1. The van der Waals surface area contributed by atoms with Gasteiger partial charge in [0.1, 0.15) is 5.75 Å². The Kier molecular flexibility index (Phi) is 4.39. The lowest BCUT2D eigenvalue weighted by Gasteiger charge is -2.29. The van der Waals surface area contributed by atoms with E-state index in [0.29, 0.717) is 31.7 Å². The summed E-state index contributed by atoms with van der Waals surface area (Å²) in [4.78, 5) is 24.9. The molecule has 5 heteroatoms. The number of benzene rings is 1. The van der Waals surface area contributed by atoms with Gasteiger partial charge < -0.3 is 14.4 Å². The normalized spacial score (nSPS) is 15.9. The topological polar surface area (TPSA) is 55.8 Å². The molecular formula is C14H17NO4. The zero-order valence-corrected chi connectivity index (χ0v) is 10.9. The van der Waals surface area contributed by atoms with Crippen LogP contribution in [0.5, 0.6) is 5.75 Å². The number of rotatable bonds is 2. The number of para-hydroxylation sites is 1. The first-order valence-corrected chi connectivity index (χ1v) is 6.30. The Morgan fingerprint density at radius 1 is 1.16 bits per heavy atom. The maximum Gasteiger partial charge on any atom is 0.415 e. The van der Waals surface area contributed by atoms with Gasteiger partial charge in [0.25, 0.3) is 0 Å². The molecule has 19 heavy (non-hydrogen) atoms. The molecule has 1 heterocycles. The number of hydrogen-bond donors (Lipinski definition) is 0. The summed E-state index contributed by atoms with van der Waals surface area (Å²) in [5.41, 5.74) is 0. The molecule has 1 aromatic carbocycles. The standard InChI is InChI=1S/C14H17NO4/c1-18-13(16)11-7-9-15(10-8-11)14(17)19-12-5-3-2-4-6-12/h2-6,11H,7-10H2,1H3. The van der Waals surface area contributed by atoms with E-state index < -0.39 is 0 Å². The predicted molar refractivity (Wildman–Crippen MR) is 68.8 cm³/mol. The molecule has 5 nitrogen and oxygen atoms in total. The number of hydrogen-bond acceptors (Lipinski definition) is 4. The third kappa shape index (κ3) is 3.47. The highest BCUT2D eigenvalue weighted by Crippen LogP contribution is 2.19. The largest absolute Gasteiger partial charge is 0.469 e. The van der Waals surface area contributed by atoms with Gasteiger partial charge in [0, 0.05) is 13.1 Å². The number of amides is 1. The molecule has 1 aliphatic rings. The number of carbonyl (C=O) groups excluding carboxylic acids is 2. The van der Waals surface area contributed by atoms with Crippen LogP contribution in [0.15, 0.2) is 30.3 Å². The van der Waals surface area contributed by atoms with E-state index >= 15 is 0 Å². The highest BCUT2D eigenvalue weighted by molar-refractivity contribution is 5.74. The summed E-state index contributed by atoms with van der Waals surface area (Å²) in [5, 5.41) is 0. The molecule has 0 radical (unpaired) electrons. The first-order chi connectivity index (χ1) is 9.20. The zero-order chi connectivity index (χ0) is 13.7. The van der Waals surface area contributed by atoms with Crippen LogP contribution in [-0.4, -0.2) is 37.2 Å². The fraction of sp³-hybridized carbons (Fsp3) is 0.429. The summed E-state index contributed by atoms with van der Waals surface area (Å²) in [6.45, 7) is 1.04. The van der Waals surface area contributed by atoms with E-state index in [1.165, 1.54) is 7.11 Å². The van der Waals surface area contributed by atoms with E-state index in [2.05, 4.69) is 0 Å². The Balaban J connectivity index is 1.84. The Bertz CT molecular complexity index is 438. The van der Waals surface area contributed by atoms with E-state index in [9.17, 15) is 9.59 Å². The highest BCUT2D eigenvalue weighted by Gasteiger charge is 2.28. The molecule has 0 bridgehead atoms. The van der Waals surface area contributed by atoms with E-state index in [1.807, 2.05) is 18.2 Å². The smallest absolute Gasteiger partial charge is 0.415 e. The first-order valence-electron chi connectivity index (χ1n) is 6.30. The minimum absolute atomic E-state index is 0.106. The van der Waals surface area contributed by atoms with Gasteiger partial charge in [0.05, 0.1) is 13.0 Å². The number of carbonyl (C=O) groups is 2. The first kappa shape index (κ1) is 13.4. The summed E-state index contributed by atoms with van der Waals surface area (Å²) in [7, 11) is 1.39. The van der Waals surface area contributed by atoms with Crippen LogP contribution in [0.4, 0.5) is 4.79 Å². The lowest BCUT2D eigenvalue weighted by Crippen LogP contribution is -2.41. The lowest BCUT2D eigenvalue weighted by molar-refractivity contribution is -0.146. The molecule has 1 amide bonds. The minimum Gasteiger partial charge on any atom is -0.469 e. The second kappa shape index (κ2) is 6.22. The molecule has 2 rings (SSSR count). The summed E-state index contributed by atoms with van der Waals surface area (Å²) in [5.74, 6) is 0.226. The van der Waals surface area contributed by atoms with Gasteiger partial charge in [0.2, 0.25) is 0 Å². The van der Waals surface area contributed by atoms with Gasteiger partial charge in [-0.1, -0.05) is 18.2 Å². The van der Waals surface area contributed by atoms with Crippen LogP contribution in [0, 0.1) is 5.92 Å². The average Bonchev–Trinajstić information content (AvgIpc) is 2.47. The van der Waals surface area contributed by atoms with Crippen molar-refractivity contribution in [1.82, 2.24) is 4.90 Å². The number of ether oxygens (including phenoxy) is 2. The number of esters is 1. The van der Waals surface area contributed by atoms with E-state index in [0.717, 1.165) is 0 Å². The maximum absolute atomic E-state index is 11.9. The second-order valence-corrected chi connectivity index (χ2v) is 4.47. The Hall–Kier alpha value is -2.04. The quantitative estimate of drug-likeness (QED) is 0.766. The Morgan fingerprint density at radius 3 is 2.37 bits per heavy atom. The van der Waals surface area contributed by atoms with Gasteiger partial charge in [-0.3, -0.25) is 4.79 Å². The van der Waals surface area contributed by atoms with E-state index in [1.54, 1.807) is 17.0 Å². The van der Waals surface area contributed by atoms with E-state index in [4.69, 9.17) is 9.47 Å². The predicted octanol–water partition coefficient (Wildman–Crippen LogP) is 2.07. The minimum atomic E-state index is -0.366. The van der Waals surface area contributed by atoms with Crippen LogP contribution >= 0.6 is 0 Å². The van der Waals surface area contributed by atoms with Crippen LogP contribution in [0.1, 0.15) is 12.8 Å². The fourth-order valence-corrected chi connectivity index (χ4v) is 2.12. The molecule has 0 saturated carbocycles. The fourth-order valence-electron chi connectivity index (χ4n) is 2.12. The lowest BCUT2D eigenvalue weighted by atomic mass is 9.97. The molecule has 1 aliphatic heterocycles. The molecule has 0 unspecified atom stereocenters. The SMILES string of the molecule is COC(=O)C1CCN(C(=O)Oc2ccccc2)CC1. The third-order valence-corrected chi connectivity index (χ3v) is 3.24. The third-order valence-electron chi connectivity index (χ3n) is 3.24. The van der Waals surface area contributed by atoms with Gasteiger partial charge in [-0.15, -0.1) is 0 Å².